The Hall–Kier alpha value is -2.65. The summed E-state index contributed by atoms with van der Waals surface area (Å²) in [6, 6.07) is 15.8. The van der Waals surface area contributed by atoms with Crippen LogP contribution in [0.25, 0.3) is 0 Å². The molecule has 9 heteroatoms. The molecule has 2 heterocycles. The van der Waals surface area contributed by atoms with Crippen molar-refractivity contribution in [2.75, 3.05) is 6.61 Å². The Balaban J connectivity index is 1.39. The molecule has 4 rings (SSSR count). The van der Waals surface area contributed by atoms with Crippen molar-refractivity contribution in [3.05, 3.63) is 91.4 Å². The molecule has 2 unspecified atom stereocenters. The van der Waals surface area contributed by atoms with Crippen molar-refractivity contribution >= 4 is 37.5 Å². The lowest BCUT2D eigenvalue weighted by Gasteiger charge is -2.41. The normalized spacial score (nSPS) is 17.9. The summed E-state index contributed by atoms with van der Waals surface area (Å²) in [4.78, 5) is 19.1. The fourth-order valence-corrected chi connectivity index (χ4v) is 6.79. The van der Waals surface area contributed by atoms with E-state index in [2.05, 4.69) is 51.0 Å². The first-order valence-electron chi connectivity index (χ1n) is 13.6. The van der Waals surface area contributed by atoms with Crippen molar-refractivity contribution in [2.45, 2.75) is 76.2 Å². The van der Waals surface area contributed by atoms with Crippen LogP contribution in [-0.4, -0.2) is 36.8 Å². The minimum absolute atomic E-state index is 0.0554. The Morgan fingerprint density at radius 3 is 2.52 bits per heavy atom. The molecular formula is C31H39ClN2O4SSi. The van der Waals surface area contributed by atoms with E-state index in [-0.39, 0.29) is 27.4 Å². The van der Waals surface area contributed by atoms with Crippen LogP contribution in [-0.2, 0) is 10.8 Å². The van der Waals surface area contributed by atoms with Crippen LogP contribution in [0.3, 0.4) is 0 Å². The van der Waals surface area contributed by atoms with Gasteiger partial charge >= 0.3 is 4.87 Å². The summed E-state index contributed by atoms with van der Waals surface area (Å²) in [6.45, 7) is 11.9. The molecule has 2 atom stereocenters. The number of rotatable bonds is 12. The molecule has 1 aliphatic heterocycles. The third-order valence-corrected chi connectivity index (χ3v) is 13.4. The molecule has 1 aromatic heterocycles. The molecular weight excluding hydrogens is 560 g/mol. The lowest BCUT2D eigenvalue weighted by atomic mass is 9.86. The topological polar surface area (TPSA) is 83.9 Å². The molecule has 2 N–H and O–H groups in total. The largest absolute Gasteiger partial charge is 0.494 e. The molecule has 0 bridgehead atoms. The number of hydrogen-bond acceptors (Lipinski definition) is 6. The summed E-state index contributed by atoms with van der Waals surface area (Å²) in [5, 5.41) is 10.6. The quantitative estimate of drug-likeness (QED) is 0.163. The number of aromatic amines is 1. The molecule has 0 aliphatic carbocycles. The van der Waals surface area contributed by atoms with Gasteiger partial charge in [0.2, 0.25) is 5.88 Å². The van der Waals surface area contributed by atoms with Gasteiger partial charge in [-0.3, -0.25) is 14.8 Å². The van der Waals surface area contributed by atoms with Crippen molar-refractivity contribution in [1.29, 1.82) is 0 Å². The van der Waals surface area contributed by atoms with E-state index in [0.29, 0.717) is 22.9 Å². The third-order valence-electron chi connectivity index (χ3n) is 7.84. The minimum atomic E-state index is -2.06. The van der Waals surface area contributed by atoms with Crippen LogP contribution in [0.15, 0.2) is 70.5 Å². The third kappa shape index (κ3) is 7.75. The van der Waals surface area contributed by atoms with Gasteiger partial charge in [-0.05, 0) is 72.4 Å². The molecule has 0 saturated carbocycles. The second-order valence-corrected chi connectivity index (χ2v) is 18.2. The molecule has 2 aromatic carbocycles. The van der Waals surface area contributed by atoms with E-state index in [1.165, 1.54) is 0 Å². The summed E-state index contributed by atoms with van der Waals surface area (Å²) >= 11 is 7.42. The minimum Gasteiger partial charge on any atom is -0.494 e. The van der Waals surface area contributed by atoms with Crippen LogP contribution in [0.1, 0.15) is 62.1 Å². The van der Waals surface area contributed by atoms with Crippen molar-refractivity contribution in [1.82, 2.24) is 4.98 Å². The lowest BCUT2D eigenvalue weighted by molar-refractivity contribution is 0.147. The highest BCUT2D eigenvalue weighted by molar-refractivity contribution is 7.09. The number of ether oxygens (including phenoxy) is 1. The Morgan fingerprint density at radius 2 is 1.93 bits per heavy atom. The Kier molecular flexibility index (Phi) is 9.45. The van der Waals surface area contributed by atoms with Crippen LogP contribution in [0.5, 0.6) is 11.6 Å². The molecule has 0 fully saturated rings. The van der Waals surface area contributed by atoms with Gasteiger partial charge in [0.25, 0.3) is 0 Å². The van der Waals surface area contributed by atoms with Crippen LogP contribution in [0.4, 0.5) is 0 Å². The molecule has 6 nitrogen and oxygen atoms in total. The van der Waals surface area contributed by atoms with E-state index in [1.807, 2.05) is 54.8 Å². The van der Waals surface area contributed by atoms with Gasteiger partial charge in [-0.2, -0.15) is 0 Å². The molecule has 40 heavy (non-hydrogen) atoms. The monoisotopic (exact) mass is 598 g/mol. The van der Waals surface area contributed by atoms with Gasteiger partial charge in [-0.25, -0.2) is 0 Å². The highest BCUT2D eigenvalue weighted by Crippen LogP contribution is 2.44. The molecule has 0 spiro atoms. The number of H-pyrrole nitrogens is 1. The number of benzene rings is 2. The Morgan fingerprint density at radius 1 is 1.18 bits per heavy atom. The maximum absolute atomic E-state index is 11.4. The van der Waals surface area contributed by atoms with Crippen molar-refractivity contribution in [2.24, 2.45) is 4.99 Å². The SMILES string of the molecule is CC(C)(C)[Si](C)(C)OC(CC1(CCCOc2ccc(Cc3sc(=O)[nH]c3O)cc2)C=CC=N1)c1cccc(Cl)c1. The van der Waals surface area contributed by atoms with Gasteiger partial charge in [0.05, 0.1) is 23.1 Å². The van der Waals surface area contributed by atoms with Gasteiger partial charge < -0.3 is 14.3 Å². The van der Waals surface area contributed by atoms with E-state index in [0.717, 1.165) is 47.5 Å². The molecule has 0 amide bonds. The first-order valence-corrected chi connectivity index (χ1v) is 17.8. The first kappa shape index (κ1) is 30.3. The van der Waals surface area contributed by atoms with Gasteiger partial charge in [-0.15, -0.1) is 0 Å². The number of aliphatic imine (C=N–C) groups is 1. The summed E-state index contributed by atoms with van der Waals surface area (Å²) < 4.78 is 13.0. The average Bonchev–Trinajstić information content (AvgIpc) is 3.47. The zero-order valence-corrected chi connectivity index (χ0v) is 26.4. The summed E-state index contributed by atoms with van der Waals surface area (Å²) in [7, 11) is -2.06. The fraction of sp³-hybridized carbons (Fsp3) is 0.419. The van der Waals surface area contributed by atoms with Gasteiger partial charge in [0.1, 0.15) is 5.75 Å². The molecule has 0 radical (unpaired) electrons. The summed E-state index contributed by atoms with van der Waals surface area (Å²) in [5.74, 6) is 0.730. The van der Waals surface area contributed by atoms with Gasteiger partial charge in [0, 0.05) is 24.1 Å². The number of aromatic nitrogens is 1. The average molecular weight is 599 g/mol. The van der Waals surface area contributed by atoms with E-state index >= 15 is 0 Å². The number of allylic oxidation sites excluding steroid dienone is 1. The van der Waals surface area contributed by atoms with Crippen molar-refractivity contribution in [3.63, 3.8) is 0 Å². The molecule has 214 valence electrons. The van der Waals surface area contributed by atoms with Crippen molar-refractivity contribution < 1.29 is 14.3 Å². The predicted molar refractivity (Wildman–Crippen MR) is 168 cm³/mol. The first-order chi connectivity index (χ1) is 18.9. The second-order valence-electron chi connectivity index (χ2n) is 11.9. The van der Waals surface area contributed by atoms with Crippen molar-refractivity contribution in [3.8, 4) is 11.6 Å². The number of hydrogen-bond donors (Lipinski definition) is 2. The number of halogens is 1. The zero-order chi connectivity index (χ0) is 29.0. The van der Waals surface area contributed by atoms with Crippen LogP contribution in [0, 0.1) is 0 Å². The summed E-state index contributed by atoms with van der Waals surface area (Å²) in [5.41, 5.74) is 1.72. The Labute approximate surface area is 246 Å². The van der Waals surface area contributed by atoms with Crippen LogP contribution < -0.4 is 9.61 Å². The smallest absolute Gasteiger partial charge is 0.307 e. The number of thiazole rings is 1. The fourth-order valence-electron chi connectivity index (χ4n) is 4.54. The van der Waals surface area contributed by atoms with Gasteiger partial charge in [0.15, 0.2) is 8.32 Å². The van der Waals surface area contributed by atoms with E-state index < -0.39 is 8.32 Å². The maximum Gasteiger partial charge on any atom is 0.307 e. The zero-order valence-electron chi connectivity index (χ0n) is 23.9. The predicted octanol–water partition coefficient (Wildman–Crippen LogP) is 8.08. The van der Waals surface area contributed by atoms with Crippen LogP contribution in [0.2, 0.25) is 23.2 Å². The summed E-state index contributed by atoms with van der Waals surface area (Å²) in [6.07, 6.45) is 8.88. The molecule has 1 aliphatic rings. The Bertz CT molecular complexity index is 1390. The highest BCUT2D eigenvalue weighted by Gasteiger charge is 2.41. The van der Waals surface area contributed by atoms with E-state index in [1.54, 1.807) is 0 Å². The lowest BCUT2D eigenvalue weighted by Crippen LogP contribution is -2.43. The number of aromatic hydroxyl groups is 1. The second kappa shape index (κ2) is 12.5. The van der Waals surface area contributed by atoms with E-state index in [4.69, 9.17) is 25.8 Å². The molecule has 3 aromatic rings. The standard InChI is InChI=1S/C31H39ClN2O4SSi/c1-30(2,3)40(4,5)38-26(23-9-6-10-24(32)20-23)21-31(15-7-17-33-31)16-8-18-37-25-13-11-22(12-14-25)19-27-28(35)34-29(36)39-27/h6-7,9-15,17,20,26,35H,8,16,18-19,21H2,1-5H3,(H,34,36). The van der Waals surface area contributed by atoms with Gasteiger partial charge in [-0.1, -0.05) is 74.1 Å². The maximum atomic E-state index is 11.4. The number of nitrogens with zero attached hydrogens (tertiary/aromatic N) is 1. The molecule has 0 saturated heterocycles. The number of nitrogens with one attached hydrogen (secondary N) is 1. The van der Waals surface area contributed by atoms with E-state index in [9.17, 15) is 9.90 Å². The highest BCUT2D eigenvalue weighted by atomic mass is 35.5. The van der Waals surface area contributed by atoms with Crippen LogP contribution >= 0.6 is 22.9 Å².